The van der Waals surface area contributed by atoms with Gasteiger partial charge < -0.3 is 10.6 Å². The lowest BCUT2D eigenvalue weighted by molar-refractivity contribution is 0.204. The van der Waals surface area contributed by atoms with Crippen LogP contribution in [0, 0.1) is 16.7 Å². The first-order valence-corrected chi connectivity index (χ1v) is 8.06. The zero-order chi connectivity index (χ0) is 14.7. The minimum Gasteiger partial charge on any atom is -0.393 e. The number of hydrogen-bond donors (Lipinski definition) is 1. The van der Waals surface area contributed by atoms with Gasteiger partial charge in [-0.15, -0.1) is 0 Å². The van der Waals surface area contributed by atoms with E-state index in [1.807, 2.05) is 0 Å². The molecule has 1 unspecified atom stereocenters. The third-order valence-electron chi connectivity index (χ3n) is 4.77. The molecule has 2 nitrogen and oxygen atoms in total. The van der Waals surface area contributed by atoms with Gasteiger partial charge in [-0.3, -0.25) is 0 Å². The summed E-state index contributed by atoms with van der Waals surface area (Å²) in [6.07, 6.45) is 5.10. The average Bonchev–Trinajstić information content (AvgIpc) is 2.50. The van der Waals surface area contributed by atoms with Crippen LogP contribution in [0.5, 0.6) is 0 Å². The van der Waals surface area contributed by atoms with E-state index in [9.17, 15) is 0 Å². The maximum Gasteiger partial charge on any atom is 0.0784 e. The van der Waals surface area contributed by atoms with E-state index in [2.05, 4.69) is 39.5 Å². The second-order valence-corrected chi connectivity index (χ2v) is 8.27. The Kier molecular flexibility index (Phi) is 5.81. The zero-order valence-corrected chi connectivity index (χ0v) is 14.3. The number of rotatable bonds is 4. The molecule has 0 bridgehead atoms. The first-order valence-electron chi connectivity index (χ1n) is 7.65. The molecule has 1 saturated heterocycles. The molecule has 0 amide bonds. The summed E-state index contributed by atoms with van der Waals surface area (Å²) < 4.78 is 0. The van der Waals surface area contributed by atoms with Crippen molar-refractivity contribution in [3.05, 3.63) is 0 Å². The highest BCUT2D eigenvalue weighted by Crippen LogP contribution is 2.34. The van der Waals surface area contributed by atoms with Gasteiger partial charge in [0, 0.05) is 5.41 Å². The van der Waals surface area contributed by atoms with Crippen LogP contribution in [0.25, 0.3) is 0 Å². The lowest BCUT2D eigenvalue weighted by atomic mass is 9.77. The molecule has 0 spiro atoms. The first-order chi connectivity index (χ1) is 8.63. The summed E-state index contributed by atoms with van der Waals surface area (Å²) in [5.74, 6) is 0.862. The third-order valence-corrected chi connectivity index (χ3v) is 5.32. The van der Waals surface area contributed by atoms with Crippen molar-refractivity contribution in [2.45, 2.75) is 60.3 Å². The Balaban J connectivity index is 2.44. The molecule has 2 N–H and O–H groups in total. The van der Waals surface area contributed by atoms with Crippen LogP contribution in [0.1, 0.15) is 60.3 Å². The molecule has 0 radical (unpaired) electrons. The van der Waals surface area contributed by atoms with Gasteiger partial charge in [-0.25, -0.2) is 0 Å². The number of nitrogens with two attached hydrogens (primary N) is 1. The Morgan fingerprint density at radius 3 is 2.32 bits per heavy atom. The average molecular weight is 285 g/mol. The molecule has 112 valence electrons. The lowest BCUT2D eigenvalue weighted by Crippen LogP contribution is -2.35. The quantitative estimate of drug-likeness (QED) is 0.795. The van der Waals surface area contributed by atoms with Crippen molar-refractivity contribution in [1.82, 2.24) is 4.90 Å². The minimum absolute atomic E-state index is 0.00886. The SMILES string of the molecule is CC(C)(CCN1CCCC(C(C)(C)C)CC1)C(N)=S. The molecule has 1 rings (SSSR count). The fraction of sp³-hybridized carbons (Fsp3) is 0.938. The van der Waals surface area contributed by atoms with E-state index in [4.69, 9.17) is 18.0 Å². The molecule has 1 atom stereocenters. The van der Waals surface area contributed by atoms with Gasteiger partial charge in [-0.1, -0.05) is 46.8 Å². The van der Waals surface area contributed by atoms with E-state index in [-0.39, 0.29) is 5.41 Å². The van der Waals surface area contributed by atoms with Crippen molar-refractivity contribution in [2.75, 3.05) is 19.6 Å². The number of likely N-dealkylation sites (tertiary alicyclic amines) is 1. The largest absolute Gasteiger partial charge is 0.393 e. The maximum absolute atomic E-state index is 5.81. The standard InChI is InChI=1S/C16H32N2S/c1-15(2,3)13-7-6-10-18(11-8-13)12-9-16(4,5)14(17)19/h13H,6-12H2,1-5H3,(H2,17,19). The Morgan fingerprint density at radius 2 is 1.79 bits per heavy atom. The molecule has 19 heavy (non-hydrogen) atoms. The van der Waals surface area contributed by atoms with E-state index in [1.165, 1.54) is 32.4 Å². The van der Waals surface area contributed by atoms with Gasteiger partial charge in [0.15, 0.2) is 0 Å². The number of nitrogens with zero attached hydrogens (tertiary/aromatic N) is 1. The molecule has 1 fully saturated rings. The number of thiocarbonyl (C=S) groups is 1. The van der Waals surface area contributed by atoms with Crippen LogP contribution < -0.4 is 5.73 Å². The summed E-state index contributed by atoms with van der Waals surface area (Å²) in [6.45, 7) is 15.0. The topological polar surface area (TPSA) is 29.3 Å². The van der Waals surface area contributed by atoms with Crippen LogP contribution in [-0.4, -0.2) is 29.5 Å². The van der Waals surface area contributed by atoms with Crippen molar-refractivity contribution in [1.29, 1.82) is 0 Å². The summed E-state index contributed by atoms with van der Waals surface area (Å²) >= 11 is 5.15. The van der Waals surface area contributed by atoms with E-state index in [0.717, 1.165) is 18.9 Å². The van der Waals surface area contributed by atoms with Crippen molar-refractivity contribution < 1.29 is 0 Å². The van der Waals surface area contributed by atoms with E-state index in [0.29, 0.717) is 10.4 Å². The lowest BCUT2D eigenvalue weighted by Gasteiger charge is -2.30. The summed E-state index contributed by atoms with van der Waals surface area (Å²) in [7, 11) is 0. The number of hydrogen-bond acceptors (Lipinski definition) is 2. The molecule has 0 aliphatic carbocycles. The zero-order valence-electron chi connectivity index (χ0n) is 13.5. The van der Waals surface area contributed by atoms with Crippen LogP contribution in [0.2, 0.25) is 0 Å². The van der Waals surface area contributed by atoms with E-state index in [1.54, 1.807) is 0 Å². The predicted octanol–water partition coefficient (Wildman–Crippen LogP) is 3.84. The second kappa shape index (κ2) is 6.53. The molecular formula is C16H32N2S. The molecule has 0 saturated carbocycles. The van der Waals surface area contributed by atoms with Gasteiger partial charge >= 0.3 is 0 Å². The molecule has 1 aliphatic heterocycles. The molecule has 1 aliphatic rings. The highest BCUT2D eigenvalue weighted by molar-refractivity contribution is 7.80. The van der Waals surface area contributed by atoms with Gasteiger partial charge in [-0.2, -0.15) is 0 Å². The van der Waals surface area contributed by atoms with Crippen LogP contribution in [-0.2, 0) is 0 Å². The summed E-state index contributed by atoms with van der Waals surface area (Å²) in [5.41, 5.74) is 6.25. The molecule has 0 aromatic carbocycles. The van der Waals surface area contributed by atoms with Crippen LogP contribution in [0.15, 0.2) is 0 Å². The molecular weight excluding hydrogens is 252 g/mol. The molecule has 0 aromatic heterocycles. The van der Waals surface area contributed by atoms with E-state index >= 15 is 0 Å². The normalized spacial score (nSPS) is 23.1. The minimum atomic E-state index is -0.00886. The highest BCUT2D eigenvalue weighted by Gasteiger charge is 2.28. The summed E-state index contributed by atoms with van der Waals surface area (Å²) in [6, 6.07) is 0. The fourth-order valence-corrected chi connectivity index (χ4v) is 2.91. The van der Waals surface area contributed by atoms with E-state index < -0.39 is 0 Å². The second-order valence-electron chi connectivity index (χ2n) is 7.83. The van der Waals surface area contributed by atoms with Crippen molar-refractivity contribution in [3.63, 3.8) is 0 Å². The Hall–Kier alpha value is -0.150. The van der Waals surface area contributed by atoms with Crippen molar-refractivity contribution >= 4 is 17.2 Å². The van der Waals surface area contributed by atoms with Gasteiger partial charge in [0.2, 0.25) is 0 Å². The Morgan fingerprint density at radius 1 is 1.16 bits per heavy atom. The molecule has 0 aromatic rings. The fourth-order valence-electron chi connectivity index (χ4n) is 2.81. The first kappa shape index (κ1) is 16.9. The predicted molar refractivity (Wildman–Crippen MR) is 88.4 cm³/mol. The van der Waals surface area contributed by atoms with Gasteiger partial charge in [0.1, 0.15) is 0 Å². The smallest absolute Gasteiger partial charge is 0.0784 e. The Bertz CT molecular complexity index is 304. The molecule has 3 heteroatoms. The van der Waals surface area contributed by atoms with Gasteiger partial charge in [-0.05, 0) is 56.7 Å². The highest BCUT2D eigenvalue weighted by atomic mass is 32.1. The Labute approximate surface area is 125 Å². The van der Waals surface area contributed by atoms with Crippen LogP contribution >= 0.6 is 12.2 Å². The summed E-state index contributed by atoms with van der Waals surface area (Å²) in [5, 5.41) is 0. The maximum atomic E-state index is 5.81. The molecule has 1 heterocycles. The third kappa shape index (κ3) is 5.39. The monoisotopic (exact) mass is 284 g/mol. The van der Waals surface area contributed by atoms with Crippen LogP contribution in [0.4, 0.5) is 0 Å². The van der Waals surface area contributed by atoms with Crippen LogP contribution in [0.3, 0.4) is 0 Å². The van der Waals surface area contributed by atoms with Crippen molar-refractivity contribution in [3.8, 4) is 0 Å². The van der Waals surface area contributed by atoms with Gasteiger partial charge in [0.25, 0.3) is 0 Å². The summed E-state index contributed by atoms with van der Waals surface area (Å²) in [4.78, 5) is 3.25. The van der Waals surface area contributed by atoms with Crippen molar-refractivity contribution in [2.24, 2.45) is 22.5 Å². The van der Waals surface area contributed by atoms with Gasteiger partial charge in [0.05, 0.1) is 4.99 Å².